The number of rotatable bonds is 1. The highest BCUT2D eigenvalue weighted by atomic mass is 31.2. The fourth-order valence-corrected chi connectivity index (χ4v) is 7.72. The molecule has 5 heterocycles. The molecule has 4 bridgehead atoms. The Bertz CT molecular complexity index is 1140. The molecule has 1 saturated carbocycles. The zero-order valence-corrected chi connectivity index (χ0v) is 20.7. The molecule has 17 heteroatoms. The monoisotopic (exact) mass is 546 g/mol. The number of phosphoric acid groups is 1. The van der Waals surface area contributed by atoms with Crippen LogP contribution in [0.3, 0.4) is 0 Å². The number of nitrogens with one attached hydrogen (secondary N) is 2. The summed E-state index contributed by atoms with van der Waals surface area (Å²) >= 11 is 0. The molecule has 16 nitrogen and oxygen atoms in total. The summed E-state index contributed by atoms with van der Waals surface area (Å²) in [5.74, 6) is -1.42. The number of carbonyl (C=O) groups excluding carboxylic acids is 4. The van der Waals surface area contributed by atoms with E-state index < -0.39 is 105 Å². The number of phosphoric ester groups is 1. The number of carbonyl (C=O) groups is 4. The molecule has 5 saturated heterocycles. The van der Waals surface area contributed by atoms with E-state index in [4.69, 9.17) is 18.5 Å². The average Bonchev–Trinajstić information content (AvgIpc) is 3.38. The van der Waals surface area contributed by atoms with E-state index in [-0.39, 0.29) is 12.8 Å². The fourth-order valence-electron chi connectivity index (χ4n) is 6.76. The third kappa shape index (κ3) is 3.18. The van der Waals surface area contributed by atoms with Crippen molar-refractivity contribution in [2.24, 2.45) is 10.8 Å². The molecule has 6 aliphatic rings. The second-order valence-corrected chi connectivity index (χ2v) is 11.9. The minimum Gasteiger partial charge on any atom is -0.394 e. The first-order valence-corrected chi connectivity index (χ1v) is 13.4. The van der Waals surface area contributed by atoms with E-state index in [1.807, 2.05) is 0 Å². The van der Waals surface area contributed by atoms with Gasteiger partial charge in [-0.1, -0.05) is 0 Å². The summed E-state index contributed by atoms with van der Waals surface area (Å²) in [5.41, 5.74) is -3.02. The van der Waals surface area contributed by atoms with Gasteiger partial charge in [0.15, 0.2) is 0 Å². The normalized spacial score (nSPS) is 51.2. The van der Waals surface area contributed by atoms with E-state index in [1.54, 1.807) is 0 Å². The van der Waals surface area contributed by atoms with Crippen LogP contribution >= 0.6 is 7.82 Å². The van der Waals surface area contributed by atoms with Crippen LogP contribution < -0.4 is 10.6 Å². The number of imide groups is 2. The molecular weight excluding hydrogens is 519 g/mol. The standard InChI is InChI=1S/C20H27N4O12P/c1-19-13-14-20(19,2)16(28)22-18(30)24(14)12-4-8(9(5-25)34-12)36-37(31,32)33-6-10-7(26)3-11(35-10)23(13)17(29)21-15(19)27/h7-14,25-26H,3-6H2,1-2H3,(H,31,32)(H,21,27,29)(H,22,28,30)/t7-,8-,9?,10?,11+,12+,13+,14+,19-,20-/m0/s1. The average molecular weight is 546 g/mol. The number of fused-ring (bicyclic) bond motifs is 7. The predicted octanol–water partition coefficient (Wildman–Crippen LogP) is -2.05. The van der Waals surface area contributed by atoms with Crippen molar-refractivity contribution < 1.29 is 57.4 Å². The molecule has 3 unspecified atom stereocenters. The molecule has 5 aliphatic heterocycles. The first-order valence-electron chi connectivity index (χ1n) is 11.9. The predicted molar refractivity (Wildman–Crippen MR) is 115 cm³/mol. The first-order chi connectivity index (χ1) is 17.3. The first kappa shape index (κ1) is 25.1. The van der Waals surface area contributed by atoms with E-state index in [1.165, 1.54) is 23.6 Å². The van der Waals surface area contributed by atoms with Gasteiger partial charge in [-0.05, 0) is 13.8 Å². The van der Waals surface area contributed by atoms with Gasteiger partial charge in [0.25, 0.3) is 0 Å². The Hall–Kier alpha value is -2.17. The number of aliphatic hydroxyl groups is 2. The summed E-state index contributed by atoms with van der Waals surface area (Å²) < 4.78 is 34.6. The van der Waals surface area contributed by atoms with Crippen LogP contribution in [-0.4, -0.2) is 111 Å². The van der Waals surface area contributed by atoms with E-state index in [0.29, 0.717) is 0 Å². The molecule has 6 fully saturated rings. The summed E-state index contributed by atoms with van der Waals surface area (Å²) in [4.78, 5) is 65.5. The van der Waals surface area contributed by atoms with Gasteiger partial charge in [-0.15, -0.1) is 0 Å². The molecule has 5 N–H and O–H groups in total. The molecule has 0 spiro atoms. The zero-order valence-electron chi connectivity index (χ0n) is 19.8. The van der Waals surface area contributed by atoms with Gasteiger partial charge in [-0.3, -0.25) is 39.1 Å². The maximum absolute atomic E-state index is 13.2. The van der Waals surface area contributed by atoms with Gasteiger partial charge in [0.2, 0.25) is 11.8 Å². The highest BCUT2D eigenvalue weighted by Crippen LogP contribution is 2.64. The van der Waals surface area contributed by atoms with E-state index in [2.05, 4.69) is 10.6 Å². The fraction of sp³-hybridized carbons (Fsp3) is 0.800. The maximum Gasteiger partial charge on any atom is 0.472 e. The molecule has 0 radical (unpaired) electrons. The van der Waals surface area contributed by atoms with Crippen molar-refractivity contribution in [3.8, 4) is 0 Å². The van der Waals surface area contributed by atoms with Crippen LogP contribution in [0.25, 0.3) is 0 Å². The minimum absolute atomic E-state index is 0.127. The maximum atomic E-state index is 13.2. The molecule has 1 aliphatic carbocycles. The molecule has 6 amide bonds. The molecule has 37 heavy (non-hydrogen) atoms. The van der Waals surface area contributed by atoms with E-state index in [0.717, 1.165) is 0 Å². The SMILES string of the molecule is C[C@]12C(=O)NC(=O)N3[C@H]4C[C@H](OP(=O)(O)OCC5O[C@H](C[C@@H]5O)N5C(=O)NC(=O)[C@]1(C)[C@H]5[C@@H]32)C(CO)O4. The Balaban J connectivity index is 1.49. The summed E-state index contributed by atoms with van der Waals surface area (Å²) in [6.07, 6.45) is -7.24. The third-order valence-corrected chi connectivity index (χ3v) is 9.88. The number of hydrogen-bond acceptors (Lipinski definition) is 11. The van der Waals surface area contributed by atoms with Crippen molar-refractivity contribution in [3.63, 3.8) is 0 Å². The van der Waals surface area contributed by atoms with Crippen LogP contribution in [0.1, 0.15) is 26.7 Å². The number of amides is 6. The number of ether oxygens (including phenoxy) is 2. The van der Waals surface area contributed by atoms with Gasteiger partial charge >= 0.3 is 19.9 Å². The highest BCUT2D eigenvalue weighted by molar-refractivity contribution is 7.47. The summed E-state index contributed by atoms with van der Waals surface area (Å²) in [7, 11) is -4.74. The largest absolute Gasteiger partial charge is 0.472 e. The smallest absolute Gasteiger partial charge is 0.394 e. The second kappa shape index (κ2) is 7.93. The Labute approximate surface area is 209 Å². The van der Waals surface area contributed by atoms with Gasteiger partial charge in [-0.25, -0.2) is 14.2 Å². The van der Waals surface area contributed by atoms with Crippen LogP contribution in [0.5, 0.6) is 0 Å². The Morgan fingerprint density at radius 3 is 2.03 bits per heavy atom. The van der Waals surface area contributed by atoms with Crippen molar-refractivity contribution in [2.75, 3.05) is 13.2 Å². The molecule has 0 aromatic rings. The third-order valence-electron chi connectivity index (χ3n) is 8.87. The van der Waals surface area contributed by atoms with Gasteiger partial charge in [-0.2, -0.15) is 0 Å². The van der Waals surface area contributed by atoms with Crippen molar-refractivity contribution in [3.05, 3.63) is 0 Å². The molecule has 0 aromatic heterocycles. The minimum atomic E-state index is -4.74. The zero-order chi connectivity index (χ0) is 26.7. The highest BCUT2D eigenvalue weighted by Gasteiger charge is 2.82. The topological polar surface area (TPSA) is 214 Å². The molecule has 204 valence electrons. The number of urea groups is 2. The van der Waals surface area contributed by atoms with Crippen LogP contribution in [-0.2, 0) is 32.7 Å². The van der Waals surface area contributed by atoms with E-state index in [9.17, 15) is 38.8 Å². The van der Waals surface area contributed by atoms with Crippen molar-refractivity contribution in [1.82, 2.24) is 20.4 Å². The molecular formula is C20H27N4O12P. The Morgan fingerprint density at radius 2 is 1.49 bits per heavy atom. The lowest BCUT2D eigenvalue weighted by atomic mass is 9.42. The van der Waals surface area contributed by atoms with Gasteiger partial charge < -0.3 is 24.6 Å². The quantitative estimate of drug-likeness (QED) is 0.225. The lowest BCUT2D eigenvalue weighted by Crippen LogP contribution is -2.92. The van der Waals surface area contributed by atoms with Crippen molar-refractivity contribution in [2.45, 2.75) is 75.6 Å². The van der Waals surface area contributed by atoms with Crippen molar-refractivity contribution in [1.29, 1.82) is 0 Å². The van der Waals surface area contributed by atoms with Gasteiger partial charge in [0, 0.05) is 12.8 Å². The van der Waals surface area contributed by atoms with E-state index >= 15 is 0 Å². The Kier molecular flexibility index (Phi) is 5.38. The Morgan fingerprint density at radius 1 is 0.946 bits per heavy atom. The van der Waals surface area contributed by atoms with Crippen LogP contribution in [0.15, 0.2) is 0 Å². The number of hydrogen-bond donors (Lipinski definition) is 5. The van der Waals surface area contributed by atoms with Crippen molar-refractivity contribution >= 4 is 31.7 Å². The summed E-state index contributed by atoms with van der Waals surface area (Å²) in [6, 6.07) is -3.82. The number of aliphatic hydroxyl groups excluding tert-OH is 2. The van der Waals surface area contributed by atoms with Crippen LogP contribution in [0.4, 0.5) is 9.59 Å². The summed E-state index contributed by atoms with van der Waals surface area (Å²) in [6.45, 7) is 1.84. The van der Waals surface area contributed by atoms with Crippen LogP contribution in [0.2, 0.25) is 0 Å². The molecule has 11 atom stereocenters. The summed E-state index contributed by atoms with van der Waals surface area (Å²) in [5, 5.41) is 24.9. The second-order valence-electron chi connectivity index (χ2n) is 10.5. The van der Waals surface area contributed by atoms with Gasteiger partial charge in [0.05, 0.1) is 42.2 Å². The molecule has 6 rings (SSSR count). The lowest BCUT2D eigenvalue weighted by Gasteiger charge is -2.72. The van der Waals surface area contributed by atoms with Crippen LogP contribution in [0, 0.1) is 10.8 Å². The lowest BCUT2D eigenvalue weighted by molar-refractivity contribution is -0.242. The number of nitrogens with zero attached hydrogens (tertiary/aromatic N) is 2. The van der Waals surface area contributed by atoms with Gasteiger partial charge in [0.1, 0.15) is 30.8 Å². The molecule has 0 aromatic carbocycles.